The molecule has 0 amide bonds. The molecule has 0 bridgehead atoms. The molecular formula is C18H32N10S4. The summed E-state index contributed by atoms with van der Waals surface area (Å²) >= 11 is 13.4. The van der Waals surface area contributed by atoms with Gasteiger partial charge in [-0.2, -0.15) is 19.9 Å². The molecule has 0 radical (unpaired) electrons. The molecule has 0 saturated heterocycles. The zero-order valence-corrected chi connectivity index (χ0v) is 22.2. The van der Waals surface area contributed by atoms with Crippen LogP contribution in [0.25, 0.3) is 0 Å². The van der Waals surface area contributed by atoms with Gasteiger partial charge in [-0.25, -0.2) is 0 Å². The summed E-state index contributed by atoms with van der Waals surface area (Å²) in [5, 5.41) is 8.23. The first-order valence-corrected chi connectivity index (χ1v) is 13.1. The number of thioether (sulfide) groups is 2. The van der Waals surface area contributed by atoms with E-state index in [-0.39, 0.29) is 0 Å². The number of unbranched alkanes of at least 4 members (excludes halogenated alkanes) is 3. The Morgan fingerprint density at radius 2 is 1.09 bits per heavy atom. The van der Waals surface area contributed by atoms with Crippen molar-refractivity contribution in [3.8, 4) is 0 Å². The summed E-state index contributed by atoms with van der Waals surface area (Å²) in [7, 11) is 7.68. The summed E-state index contributed by atoms with van der Waals surface area (Å²) in [5.41, 5.74) is 0. The zero-order chi connectivity index (χ0) is 23.3. The second kappa shape index (κ2) is 14.8. The summed E-state index contributed by atoms with van der Waals surface area (Å²) in [6.45, 7) is 1.97. The lowest BCUT2D eigenvalue weighted by atomic mass is 10.2. The molecule has 0 aromatic carbocycles. The molecule has 0 spiro atoms. The van der Waals surface area contributed by atoms with Crippen molar-refractivity contribution in [1.29, 1.82) is 0 Å². The highest BCUT2D eigenvalue weighted by atomic mass is 32.2. The van der Waals surface area contributed by atoms with Gasteiger partial charge >= 0.3 is 0 Å². The maximum absolute atomic E-state index is 5.15. The molecule has 4 N–H and O–H groups in total. The van der Waals surface area contributed by atoms with Gasteiger partial charge in [-0.05, 0) is 50.4 Å². The van der Waals surface area contributed by atoms with E-state index in [1.165, 1.54) is 12.8 Å². The third-order valence-electron chi connectivity index (χ3n) is 4.15. The first-order chi connectivity index (χ1) is 15.3. The first-order valence-electron chi connectivity index (χ1n) is 10.3. The lowest BCUT2D eigenvalue weighted by molar-refractivity contribution is 0.594. The van der Waals surface area contributed by atoms with Crippen molar-refractivity contribution in [2.75, 3.05) is 62.8 Å². The fourth-order valence-corrected chi connectivity index (χ4v) is 4.33. The Balaban J connectivity index is 1.48. The molecule has 0 atom stereocenters. The SMILES string of the molecule is CN(C)c1nc(SCNCCCCCCNCSc2nc(N(C)C)[nH]c(=S)n2)nc(=S)[nH]1. The molecule has 2 aromatic rings. The first kappa shape index (κ1) is 26.9. The highest BCUT2D eigenvalue weighted by Crippen LogP contribution is 2.14. The highest BCUT2D eigenvalue weighted by Gasteiger charge is 2.04. The largest absolute Gasteiger partial charge is 0.348 e. The van der Waals surface area contributed by atoms with E-state index in [9.17, 15) is 0 Å². The maximum Gasteiger partial charge on any atom is 0.206 e. The highest BCUT2D eigenvalue weighted by molar-refractivity contribution is 7.99. The molecule has 0 aliphatic rings. The van der Waals surface area contributed by atoms with E-state index < -0.39 is 0 Å². The van der Waals surface area contributed by atoms with Crippen LogP contribution in [0.15, 0.2) is 10.3 Å². The summed E-state index contributed by atoms with van der Waals surface area (Å²) in [4.78, 5) is 27.1. The van der Waals surface area contributed by atoms with Crippen molar-refractivity contribution in [2.45, 2.75) is 36.0 Å². The van der Waals surface area contributed by atoms with Gasteiger partial charge in [0.05, 0.1) is 0 Å². The van der Waals surface area contributed by atoms with Gasteiger partial charge in [0.1, 0.15) is 0 Å². The van der Waals surface area contributed by atoms with E-state index in [0.717, 1.165) is 49.6 Å². The molecule has 0 aliphatic carbocycles. The third kappa shape index (κ3) is 10.5. The van der Waals surface area contributed by atoms with Crippen molar-refractivity contribution in [3.63, 3.8) is 0 Å². The number of aromatic amines is 2. The van der Waals surface area contributed by atoms with Crippen LogP contribution in [0.2, 0.25) is 0 Å². The van der Waals surface area contributed by atoms with Crippen LogP contribution in [0.1, 0.15) is 25.7 Å². The van der Waals surface area contributed by atoms with Gasteiger partial charge in [-0.3, -0.25) is 0 Å². The lowest BCUT2D eigenvalue weighted by Crippen LogP contribution is -2.17. The van der Waals surface area contributed by atoms with Crippen LogP contribution < -0.4 is 20.4 Å². The molecule has 2 heterocycles. The van der Waals surface area contributed by atoms with Crippen LogP contribution in [0.4, 0.5) is 11.9 Å². The average molecular weight is 517 g/mol. The van der Waals surface area contributed by atoms with Gasteiger partial charge in [-0.1, -0.05) is 36.4 Å². The van der Waals surface area contributed by atoms with Crippen LogP contribution in [0.5, 0.6) is 0 Å². The summed E-state index contributed by atoms with van der Waals surface area (Å²) < 4.78 is 0.910. The van der Waals surface area contributed by atoms with E-state index in [1.54, 1.807) is 23.5 Å². The van der Waals surface area contributed by atoms with Gasteiger partial charge in [0.25, 0.3) is 0 Å². The number of hydrogen-bond donors (Lipinski definition) is 4. The van der Waals surface area contributed by atoms with Crippen LogP contribution in [0, 0.1) is 9.54 Å². The number of nitrogens with zero attached hydrogens (tertiary/aromatic N) is 6. The quantitative estimate of drug-likeness (QED) is 0.121. The van der Waals surface area contributed by atoms with E-state index in [4.69, 9.17) is 24.4 Å². The minimum absolute atomic E-state index is 0.455. The third-order valence-corrected chi connectivity index (χ3v) is 6.11. The molecule has 2 rings (SSSR count). The molecule has 178 valence electrons. The zero-order valence-electron chi connectivity index (χ0n) is 19.0. The van der Waals surface area contributed by atoms with Crippen molar-refractivity contribution in [2.24, 2.45) is 0 Å². The molecule has 0 unspecified atom stereocenters. The van der Waals surface area contributed by atoms with E-state index in [2.05, 4.69) is 40.5 Å². The Hall–Kier alpha value is -1.32. The number of nitrogens with one attached hydrogen (secondary N) is 4. The summed E-state index contributed by atoms with van der Waals surface area (Å²) in [5.74, 6) is 2.98. The Bertz CT molecular complexity index is 855. The van der Waals surface area contributed by atoms with Gasteiger partial charge in [0.2, 0.25) is 21.4 Å². The van der Waals surface area contributed by atoms with E-state index in [1.807, 2.05) is 38.0 Å². The van der Waals surface area contributed by atoms with Crippen LogP contribution in [-0.4, -0.2) is 82.9 Å². The van der Waals surface area contributed by atoms with Crippen LogP contribution >= 0.6 is 48.0 Å². The van der Waals surface area contributed by atoms with Gasteiger partial charge in [0.15, 0.2) is 10.3 Å². The van der Waals surface area contributed by atoms with Crippen LogP contribution in [0.3, 0.4) is 0 Å². The summed E-state index contributed by atoms with van der Waals surface area (Å²) in [6.07, 6.45) is 4.70. The molecular weight excluding hydrogens is 485 g/mol. The topological polar surface area (TPSA) is 114 Å². The molecule has 14 heteroatoms. The second-order valence-corrected chi connectivity index (χ2v) is 9.96. The molecule has 32 heavy (non-hydrogen) atoms. The lowest BCUT2D eigenvalue weighted by Gasteiger charge is -2.11. The number of aromatic nitrogens is 6. The van der Waals surface area contributed by atoms with Gasteiger partial charge in [-0.15, -0.1) is 0 Å². The Morgan fingerprint density at radius 1 is 0.688 bits per heavy atom. The number of hydrogen-bond acceptors (Lipinski definition) is 12. The van der Waals surface area contributed by atoms with Crippen molar-refractivity contribution in [3.05, 3.63) is 9.54 Å². The minimum atomic E-state index is 0.455. The number of anilines is 2. The average Bonchev–Trinajstić information content (AvgIpc) is 2.73. The maximum atomic E-state index is 5.15. The molecule has 2 aromatic heterocycles. The number of H-pyrrole nitrogens is 2. The standard InChI is InChI=1S/C18H32N10S4/c1-27(2)13-21-15(29)25-17(23-13)31-11-19-9-7-5-6-8-10-20-12-32-18-24-14(28(3)4)22-16(30)26-18/h19-20H,5-12H2,1-4H3,(H,21,23,25,29)(H,22,24,26,30). The second-order valence-electron chi connectivity index (χ2n) is 7.30. The summed E-state index contributed by atoms with van der Waals surface area (Å²) in [6, 6.07) is 0. The monoisotopic (exact) mass is 516 g/mol. The van der Waals surface area contributed by atoms with Crippen molar-refractivity contribution < 1.29 is 0 Å². The fourth-order valence-electron chi connectivity index (χ4n) is 2.49. The minimum Gasteiger partial charge on any atom is -0.348 e. The van der Waals surface area contributed by atoms with E-state index >= 15 is 0 Å². The fraction of sp³-hybridized carbons (Fsp3) is 0.667. The van der Waals surface area contributed by atoms with Gasteiger partial charge < -0.3 is 30.4 Å². The van der Waals surface area contributed by atoms with Gasteiger partial charge in [0, 0.05) is 39.9 Å². The van der Waals surface area contributed by atoms with Crippen LogP contribution in [-0.2, 0) is 0 Å². The predicted molar refractivity (Wildman–Crippen MR) is 139 cm³/mol. The van der Waals surface area contributed by atoms with Crippen molar-refractivity contribution >= 4 is 59.9 Å². The predicted octanol–water partition coefficient (Wildman–Crippen LogP) is 3.05. The Labute approximate surface area is 208 Å². The molecule has 0 saturated carbocycles. The molecule has 10 nitrogen and oxygen atoms in total. The van der Waals surface area contributed by atoms with E-state index in [0.29, 0.717) is 19.9 Å². The number of rotatable bonds is 15. The Morgan fingerprint density at radius 3 is 1.47 bits per heavy atom. The van der Waals surface area contributed by atoms with Crippen molar-refractivity contribution in [1.82, 2.24) is 40.5 Å². The molecule has 0 aliphatic heterocycles. The molecule has 0 fully saturated rings. The Kier molecular flexibility index (Phi) is 12.4. The smallest absolute Gasteiger partial charge is 0.206 e. The normalized spacial score (nSPS) is 11.0.